The summed E-state index contributed by atoms with van der Waals surface area (Å²) in [6.07, 6.45) is 2.14. The molecule has 0 fully saturated rings. The van der Waals surface area contributed by atoms with Crippen molar-refractivity contribution in [2.45, 2.75) is 20.0 Å². The van der Waals surface area contributed by atoms with Crippen molar-refractivity contribution in [1.29, 1.82) is 0 Å². The molecule has 2 aromatic heterocycles. The summed E-state index contributed by atoms with van der Waals surface area (Å²) >= 11 is 3.19. The van der Waals surface area contributed by atoms with Crippen LogP contribution in [0.2, 0.25) is 0 Å². The maximum atomic E-state index is 11.9. The Labute approximate surface area is 152 Å². The highest BCUT2D eigenvalue weighted by Crippen LogP contribution is 2.23. The Hall–Kier alpha value is -2.67. The lowest BCUT2D eigenvalue weighted by atomic mass is 10.1. The Morgan fingerprint density at radius 2 is 1.92 bits per heavy atom. The van der Waals surface area contributed by atoms with Crippen LogP contribution in [0.1, 0.15) is 30.2 Å². The minimum atomic E-state index is -0.660. The number of carbonyl (C=O) groups excluding carboxylic acids is 1. The SMILES string of the molecule is Cc1ccc(-c2nnc([C@H](C)OC(=O)/C=C/c3ccc(Br)o3)o2)cc1. The molecule has 7 heteroatoms. The average Bonchev–Trinajstić information content (AvgIpc) is 3.23. The highest BCUT2D eigenvalue weighted by Gasteiger charge is 2.18. The number of esters is 1. The van der Waals surface area contributed by atoms with Crippen LogP contribution in [0, 0.1) is 6.92 Å². The molecule has 0 spiro atoms. The molecule has 0 radical (unpaired) electrons. The third kappa shape index (κ3) is 4.45. The molecular weight excluding hydrogens is 388 g/mol. The smallest absolute Gasteiger partial charge is 0.331 e. The van der Waals surface area contributed by atoms with Gasteiger partial charge in [-0.1, -0.05) is 17.7 Å². The first-order valence-corrected chi connectivity index (χ1v) is 8.35. The molecule has 1 atom stereocenters. The van der Waals surface area contributed by atoms with Gasteiger partial charge in [0.2, 0.25) is 5.89 Å². The predicted molar refractivity (Wildman–Crippen MR) is 94.4 cm³/mol. The summed E-state index contributed by atoms with van der Waals surface area (Å²) in [4.78, 5) is 11.9. The predicted octanol–water partition coefficient (Wildman–Crippen LogP) is 4.72. The first-order valence-electron chi connectivity index (χ1n) is 7.56. The van der Waals surface area contributed by atoms with Crippen molar-refractivity contribution in [3.63, 3.8) is 0 Å². The largest absolute Gasteiger partial charge is 0.450 e. The van der Waals surface area contributed by atoms with Gasteiger partial charge in [0, 0.05) is 11.6 Å². The maximum Gasteiger partial charge on any atom is 0.331 e. The molecule has 0 saturated carbocycles. The van der Waals surface area contributed by atoms with Gasteiger partial charge in [0.05, 0.1) is 0 Å². The molecule has 25 heavy (non-hydrogen) atoms. The monoisotopic (exact) mass is 402 g/mol. The van der Waals surface area contributed by atoms with E-state index in [-0.39, 0.29) is 5.89 Å². The standard InChI is InChI=1S/C18H15BrN2O4/c1-11-3-5-13(6-4-11)18-21-20-17(25-18)12(2)23-16(22)10-8-14-7-9-15(19)24-14/h3-10,12H,1-2H3/b10-8+/t12-/m0/s1. The summed E-state index contributed by atoms with van der Waals surface area (Å²) in [7, 11) is 0. The molecule has 1 aromatic carbocycles. The molecule has 0 saturated heterocycles. The maximum absolute atomic E-state index is 11.9. The number of carbonyl (C=O) groups is 1. The van der Waals surface area contributed by atoms with Gasteiger partial charge in [-0.05, 0) is 60.1 Å². The van der Waals surface area contributed by atoms with E-state index >= 15 is 0 Å². The van der Waals surface area contributed by atoms with E-state index in [1.54, 1.807) is 19.1 Å². The molecule has 6 nitrogen and oxygen atoms in total. The first kappa shape index (κ1) is 17.2. The van der Waals surface area contributed by atoms with Crippen molar-refractivity contribution in [2.75, 3.05) is 0 Å². The topological polar surface area (TPSA) is 78.4 Å². The number of ether oxygens (including phenoxy) is 1. The quantitative estimate of drug-likeness (QED) is 0.453. The highest BCUT2D eigenvalue weighted by molar-refractivity contribution is 9.10. The number of benzene rings is 1. The van der Waals surface area contributed by atoms with Gasteiger partial charge in [-0.2, -0.15) is 0 Å². The summed E-state index contributed by atoms with van der Waals surface area (Å²) in [6, 6.07) is 11.2. The molecular formula is C18H15BrN2O4. The number of rotatable bonds is 5. The fraction of sp³-hybridized carbons (Fsp3) is 0.167. The summed E-state index contributed by atoms with van der Waals surface area (Å²) in [5, 5.41) is 7.94. The lowest BCUT2D eigenvalue weighted by molar-refractivity contribution is -0.143. The van der Waals surface area contributed by atoms with E-state index in [2.05, 4.69) is 26.1 Å². The summed E-state index contributed by atoms with van der Waals surface area (Å²) in [6.45, 7) is 3.67. The molecule has 0 aliphatic heterocycles. The fourth-order valence-electron chi connectivity index (χ4n) is 2.04. The average molecular weight is 403 g/mol. The number of hydrogen-bond acceptors (Lipinski definition) is 6. The lowest BCUT2D eigenvalue weighted by Crippen LogP contribution is -2.06. The molecule has 0 N–H and O–H groups in total. The zero-order valence-corrected chi connectivity index (χ0v) is 15.2. The van der Waals surface area contributed by atoms with Gasteiger partial charge in [-0.3, -0.25) is 0 Å². The highest BCUT2D eigenvalue weighted by atomic mass is 79.9. The molecule has 128 valence electrons. The fourth-order valence-corrected chi connectivity index (χ4v) is 2.36. The van der Waals surface area contributed by atoms with Crippen LogP contribution >= 0.6 is 15.9 Å². The van der Waals surface area contributed by atoms with Crippen molar-refractivity contribution in [2.24, 2.45) is 0 Å². The third-order valence-electron chi connectivity index (χ3n) is 3.36. The zero-order valence-electron chi connectivity index (χ0n) is 13.6. The third-order valence-corrected chi connectivity index (χ3v) is 3.78. The second kappa shape index (κ2) is 7.48. The Morgan fingerprint density at radius 3 is 2.60 bits per heavy atom. The van der Waals surface area contributed by atoms with E-state index in [9.17, 15) is 4.79 Å². The number of nitrogens with zero attached hydrogens (tertiary/aromatic N) is 2. The van der Waals surface area contributed by atoms with Crippen LogP contribution in [0.5, 0.6) is 0 Å². The van der Waals surface area contributed by atoms with Crippen molar-refractivity contribution in [3.8, 4) is 11.5 Å². The molecule has 0 amide bonds. The summed E-state index contributed by atoms with van der Waals surface area (Å²) in [5.74, 6) is 0.623. The van der Waals surface area contributed by atoms with E-state index < -0.39 is 12.1 Å². The number of furan rings is 1. The van der Waals surface area contributed by atoms with E-state index in [0.29, 0.717) is 16.3 Å². The Morgan fingerprint density at radius 1 is 1.16 bits per heavy atom. The van der Waals surface area contributed by atoms with Crippen LogP contribution in [-0.2, 0) is 9.53 Å². The van der Waals surface area contributed by atoms with Gasteiger partial charge >= 0.3 is 5.97 Å². The number of aryl methyl sites for hydroxylation is 1. The number of halogens is 1. The summed E-state index contributed by atoms with van der Waals surface area (Å²) < 4.78 is 16.7. The zero-order chi connectivity index (χ0) is 17.8. The molecule has 0 aliphatic carbocycles. The van der Waals surface area contributed by atoms with E-state index in [1.165, 1.54) is 12.2 Å². The Balaban J connectivity index is 1.63. The van der Waals surface area contributed by atoms with Gasteiger partial charge in [-0.15, -0.1) is 10.2 Å². The second-order valence-corrected chi connectivity index (χ2v) is 6.15. The lowest BCUT2D eigenvalue weighted by Gasteiger charge is -2.06. The normalized spacial score (nSPS) is 12.4. The molecule has 3 rings (SSSR count). The van der Waals surface area contributed by atoms with Crippen LogP contribution in [0.15, 0.2) is 56.0 Å². The van der Waals surface area contributed by atoms with Gasteiger partial charge in [0.15, 0.2) is 10.8 Å². The molecule has 0 bridgehead atoms. The Bertz CT molecular complexity index is 896. The molecule has 0 unspecified atom stereocenters. The van der Waals surface area contributed by atoms with Crippen molar-refractivity contribution in [1.82, 2.24) is 10.2 Å². The van der Waals surface area contributed by atoms with Crippen LogP contribution in [0.25, 0.3) is 17.5 Å². The van der Waals surface area contributed by atoms with Crippen molar-refractivity contribution >= 4 is 28.0 Å². The van der Waals surface area contributed by atoms with Crippen LogP contribution in [0.4, 0.5) is 0 Å². The molecule has 2 heterocycles. The van der Waals surface area contributed by atoms with Crippen molar-refractivity contribution in [3.05, 3.63) is 64.4 Å². The minimum Gasteiger partial charge on any atom is -0.450 e. The van der Waals surface area contributed by atoms with Gasteiger partial charge in [0.25, 0.3) is 5.89 Å². The van der Waals surface area contributed by atoms with Gasteiger partial charge in [-0.25, -0.2) is 4.79 Å². The van der Waals surface area contributed by atoms with E-state index in [0.717, 1.165) is 11.1 Å². The van der Waals surface area contributed by atoms with E-state index in [1.807, 2.05) is 31.2 Å². The van der Waals surface area contributed by atoms with Crippen molar-refractivity contribution < 1.29 is 18.4 Å². The minimum absolute atomic E-state index is 0.234. The van der Waals surface area contributed by atoms with E-state index in [4.69, 9.17) is 13.6 Å². The first-order chi connectivity index (χ1) is 12.0. The second-order valence-electron chi connectivity index (χ2n) is 5.37. The van der Waals surface area contributed by atoms with Gasteiger partial charge < -0.3 is 13.6 Å². The molecule has 3 aromatic rings. The number of hydrogen-bond donors (Lipinski definition) is 0. The Kier molecular flexibility index (Phi) is 5.14. The van der Waals surface area contributed by atoms with Crippen LogP contribution in [0.3, 0.4) is 0 Å². The molecule has 0 aliphatic rings. The van der Waals surface area contributed by atoms with Crippen LogP contribution < -0.4 is 0 Å². The van der Waals surface area contributed by atoms with Crippen LogP contribution in [-0.4, -0.2) is 16.2 Å². The van der Waals surface area contributed by atoms with Gasteiger partial charge in [0.1, 0.15) is 5.76 Å². The summed E-state index contributed by atoms with van der Waals surface area (Å²) in [5.41, 5.74) is 1.95. The number of aromatic nitrogens is 2.